The average molecular weight is 422 g/mol. The minimum atomic E-state index is -3.24. The van der Waals surface area contributed by atoms with Crippen molar-refractivity contribution in [3.63, 3.8) is 0 Å². The lowest BCUT2D eigenvalue weighted by Gasteiger charge is -2.33. The number of nitrogens with zero attached hydrogens (tertiary/aromatic N) is 5. The number of anilines is 1. The largest absolute Gasteiger partial charge is 0.336 e. The van der Waals surface area contributed by atoms with Crippen LogP contribution in [0.4, 0.5) is 5.82 Å². The van der Waals surface area contributed by atoms with Gasteiger partial charge in [0.2, 0.25) is 16.4 Å². The molecule has 0 aliphatic carbocycles. The first-order chi connectivity index (χ1) is 13.9. The van der Waals surface area contributed by atoms with E-state index in [1.165, 1.54) is 4.31 Å². The van der Waals surface area contributed by atoms with Crippen molar-refractivity contribution in [2.24, 2.45) is 0 Å². The maximum atomic E-state index is 13.0. The van der Waals surface area contributed by atoms with Gasteiger partial charge in [0.1, 0.15) is 11.5 Å². The first-order valence-corrected chi connectivity index (χ1v) is 11.5. The first kappa shape index (κ1) is 21.3. The lowest BCUT2D eigenvalue weighted by Crippen LogP contribution is -2.50. The predicted molar refractivity (Wildman–Crippen MR) is 111 cm³/mol. The molecule has 3 rings (SSSR count). The number of sulfonamides is 1. The number of hydrogen-bond donors (Lipinski definition) is 0. The number of aromatic nitrogens is 2. The Balaban J connectivity index is 1.88. The number of piperazine rings is 1. The highest BCUT2D eigenvalue weighted by Gasteiger charge is 2.28. The zero-order valence-electron chi connectivity index (χ0n) is 17.0. The highest BCUT2D eigenvalue weighted by molar-refractivity contribution is 7.89. The molecule has 9 nitrogen and oxygen atoms in total. The number of aryl methyl sites for hydroxylation is 1. The SMILES string of the molecule is CCc1nc2ccc(C(=O)N3CCN(S(=O)(=O)CC)CC3)cn2c1N(C=O)CC. The van der Waals surface area contributed by atoms with Crippen LogP contribution in [0.25, 0.3) is 5.65 Å². The van der Waals surface area contributed by atoms with E-state index in [0.717, 1.165) is 12.1 Å². The number of imidazole rings is 1. The van der Waals surface area contributed by atoms with Gasteiger partial charge >= 0.3 is 0 Å². The van der Waals surface area contributed by atoms with Crippen LogP contribution in [-0.2, 0) is 21.2 Å². The molecule has 1 fully saturated rings. The van der Waals surface area contributed by atoms with Crippen LogP contribution in [0.15, 0.2) is 18.3 Å². The molecule has 0 spiro atoms. The van der Waals surface area contributed by atoms with E-state index in [4.69, 9.17) is 0 Å². The number of amides is 2. The smallest absolute Gasteiger partial charge is 0.255 e. The second kappa shape index (κ2) is 8.50. The fraction of sp³-hybridized carbons (Fsp3) is 0.526. The molecule has 0 unspecified atom stereocenters. The summed E-state index contributed by atoms with van der Waals surface area (Å²) in [6.07, 6.45) is 3.14. The molecule has 29 heavy (non-hydrogen) atoms. The number of carbonyl (C=O) groups is 2. The summed E-state index contributed by atoms with van der Waals surface area (Å²) in [7, 11) is -3.24. The Morgan fingerprint density at radius 1 is 1.17 bits per heavy atom. The van der Waals surface area contributed by atoms with Crippen LogP contribution in [0.1, 0.15) is 36.8 Å². The molecular formula is C19H27N5O4S. The van der Waals surface area contributed by atoms with Gasteiger partial charge in [-0.05, 0) is 32.4 Å². The Labute approximate surface area is 171 Å². The molecule has 1 saturated heterocycles. The van der Waals surface area contributed by atoms with Gasteiger partial charge in [0.25, 0.3) is 5.91 Å². The van der Waals surface area contributed by atoms with Gasteiger partial charge in [-0.15, -0.1) is 0 Å². The molecule has 2 aromatic rings. The third-order valence-corrected chi connectivity index (χ3v) is 7.15. The summed E-state index contributed by atoms with van der Waals surface area (Å²) in [5, 5.41) is 0. The summed E-state index contributed by atoms with van der Waals surface area (Å²) in [5.74, 6) is 0.576. The van der Waals surface area contributed by atoms with Gasteiger partial charge < -0.3 is 4.90 Å². The summed E-state index contributed by atoms with van der Waals surface area (Å²) < 4.78 is 27.2. The fourth-order valence-corrected chi connectivity index (χ4v) is 4.64. The monoisotopic (exact) mass is 421 g/mol. The van der Waals surface area contributed by atoms with Gasteiger partial charge in [0.05, 0.1) is 17.0 Å². The summed E-state index contributed by atoms with van der Waals surface area (Å²) in [5.41, 5.74) is 1.95. The lowest BCUT2D eigenvalue weighted by atomic mass is 10.2. The second-order valence-electron chi connectivity index (χ2n) is 6.86. The standard InChI is InChI=1S/C19H27N5O4S/c1-4-16-18(21(5-2)14-25)24-13-15(7-8-17(24)20-16)19(26)22-9-11-23(12-10-22)29(27,28)6-3/h7-8,13-14H,4-6,9-12H2,1-3H3. The number of carbonyl (C=O) groups excluding carboxylic acids is 2. The average Bonchev–Trinajstić information content (AvgIpc) is 3.12. The highest BCUT2D eigenvalue weighted by Crippen LogP contribution is 2.24. The number of fused-ring (bicyclic) bond motifs is 1. The first-order valence-electron chi connectivity index (χ1n) is 9.86. The summed E-state index contributed by atoms with van der Waals surface area (Å²) >= 11 is 0. The minimum absolute atomic E-state index is 0.0610. The molecular weight excluding hydrogens is 394 g/mol. The molecule has 0 radical (unpaired) electrons. The van der Waals surface area contributed by atoms with Gasteiger partial charge in [0.15, 0.2) is 0 Å². The van der Waals surface area contributed by atoms with E-state index in [0.29, 0.717) is 56.2 Å². The van der Waals surface area contributed by atoms with Gasteiger partial charge in [-0.1, -0.05) is 6.92 Å². The van der Waals surface area contributed by atoms with Crippen molar-refractivity contribution in [2.45, 2.75) is 27.2 Å². The van der Waals surface area contributed by atoms with Gasteiger partial charge in [0, 0.05) is 38.9 Å². The molecule has 158 valence electrons. The van der Waals surface area contributed by atoms with Crippen molar-refractivity contribution in [3.8, 4) is 0 Å². The molecule has 0 aromatic carbocycles. The minimum Gasteiger partial charge on any atom is -0.336 e. The van der Waals surface area contributed by atoms with Crippen molar-refractivity contribution < 1.29 is 18.0 Å². The molecule has 0 N–H and O–H groups in total. The predicted octanol–water partition coefficient (Wildman–Crippen LogP) is 0.987. The number of hydrogen-bond acceptors (Lipinski definition) is 5. The zero-order chi connectivity index (χ0) is 21.2. The summed E-state index contributed by atoms with van der Waals surface area (Å²) in [6, 6.07) is 3.49. The fourth-order valence-electron chi connectivity index (χ4n) is 3.56. The maximum absolute atomic E-state index is 13.0. The second-order valence-corrected chi connectivity index (χ2v) is 9.12. The quantitative estimate of drug-likeness (QED) is 0.621. The van der Waals surface area contributed by atoms with E-state index < -0.39 is 10.0 Å². The molecule has 0 saturated carbocycles. The Bertz CT molecular complexity index is 1010. The van der Waals surface area contributed by atoms with Gasteiger partial charge in [-0.25, -0.2) is 13.4 Å². The van der Waals surface area contributed by atoms with E-state index in [1.54, 1.807) is 39.5 Å². The number of rotatable bonds is 7. The van der Waals surface area contributed by atoms with E-state index in [9.17, 15) is 18.0 Å². The zero-order valence-corrected chi connectivity index (χ0v) is 17.9. The summed E-state index contributed by atoms with van der Waals surface area (Å²) in [4.78, 5) is 32.3. The lowest BCUT2D eigenvalue weighted by molar-refractivity contribution is -0.107. The van der Waals surface area contributed by atoms with Crippen molar-refractivity contribution in [1.82, 2.24) is 18.6 Å². The Morgan fingerprint density at radius 2 is 1.86 bits per heavy atom. The maximum Gasteiger partial charge on any atom is 0.255 e. The number of pyridine rings is 1. The molecule has 0 bridgehead atoms. The normalized spacial score (nSPS) is 15.6. The molecule has 3 heterocycles. The molecule has 1 aliphatic heterocycles. The van der Waals surface area contributed by atoms with Crippen molar-refractivity contribution >= 4 is 33.8 Å². The van der Waals surface area contributed by atoms with E-state index in [-0.39, 0.29) is 11.7 Å². The Hall–Kier alpha value is -2.46. The molecule has 1 aliphatic rings. The molecule has 2 amide bonds. The van der Waals surface area contributed by atoms with Gasteiger partial charge in [-0.2, -0.15) is 4.31 Å². The van der Waals surface area contributed by atoms with E-state index in [1.807, 2.05) is 13.8 Å². The van der Waals surface area contributed by atoms with Gasteiger partial charge in [-0.3, -0.25) is 18.9 Å². The molecule has 2 aromatic heterocycles. The van der Waals surface area contributed by atoms with E-state index in [2.05, 4.69) is 4.98 Å². The van der Waals surface area contributed by atoms with Crippen molar-refractivity contribution in [2.75, 3.05) is 43.4 Å². The van der Waals surface area contributed by atoms with Crippen LogP contribution >= 0.6 is 0 Å². The van der Waals surface area contributed by atoms with E-state index >= 15 is 0 Å². The molecule has 10 heteroatoms. The third kappa shape index (κ3) is 3.99. The third-order valence-electron chi connectivity index (χ3n) is 5.27. The van der Waals surface area contributed by atoms with Crippen LogP contribution in [0.5, 0.6) is 0 Å². The van der Waals surface area contributed by atoms with Crippen LogP contribution in [0, 0.1) is 0 Å². The molecule has 0 atom stereocenters. The highest BCUT2D eigenvalue weighted by atomic mass is 32.2. The van der Waals surface area contributed by atoms with Crippen molar-refractivity contribution in [3.05, 3.63) is 29.6 Å². The van der Waals surface area contributed by atoms with Crippen LogP contribution in [0.3, 0.4) is 0 Å². The van der Waals surface area contributed by atoms with Crippen LogP contribution in [0.2, 0.25) is 0 Å². The summed E-state index contributed by atoms with van der Waals surface area (Å²) in [6.45, 7) is 7.27. The van der Waals surface area contributed by atoms with Crippen LogP contribution < -0.4 is 4.90 Å². The van der Waals surface area contributed by atoms with Crippen molar-refractivity contribution in [1.29, 1.82) is 0 Å². The Kier molecular flexibility index (Phi) is 6.23. The Morgan fingerprint density at radius 3 is 2.41 bits per heavy atom. The van der Waals surface area contributed by atoms with Crippen LogP contribution in [-0.4, -0.2) is 77.8 Å². The topological polar surface area (TPSA) is 95.3 Å².